The van der Waals surface area contributed by atoms with E-state index in [9.17, 15) is 13.2 Å². The van der Waals surface area contributed by atoms with Crippen molar-refractivity contribution in [3.05, 3.63) is 0 Å². The number of carbonyl (C=O) groups is 1. The first-order valence-corrected chi connectivity index (χ1v) is 8.66. The van der Waals surface area contributed by atoms with E-state index in [4.69, 9.17) is 4.18 Å². The average molecular weight is 323 g/mol. The molecule has 96 valence electrons. The summed E-state index contributed by atoms with van der Waals surface area (Å²) in [7, 11) is -3.49. The molecule has 0 heterocycles. The van der Waals surface area contributed by atoms with Gasteiger partial charge in [-0.05, 0) is 25.2 Å². The summed E-state index contributed by atoms with van der Waals surface area (Å²) >= 11 is 3.57. The summed E-state index contributed by atoms with van der Waals surface area (Å²) in [6.45, 7) is 0. The van der Waals surface area contributed by atoms with Gasteiger partial charge in [0.15, 0.2) is 0 Å². The first-order valence-electron chi connectivity index (χ1n) is 5.93. The van der Waals surface area contributed by atoms with Gasteiger partial charge in [0.05, 0.1) is 12.4 Å². The van der Waals surface area contributed by atoms with Crippen LogP contribution < -0.4 is 0 Å². The molecule has 17 heavy (non-hydrogen) atoms. The topological polar surface area (TPSA) is 60.4 Å². The number of ketones is 1. The Morgan fingerprint density at radius 3 is 2.53 bits per heavy atom. The van der Waals surface area contributed by atoms with Gasteiger partial charge in [0.2, 0.25) is 0 Å². The van der Waals surface area contributed by atoms with Crippen molar-refractivity contribution in [3.63, 3.8) is 0 Å². The first kappa shape index (κ1) is 12.1. The van der Waals surface area contributed by atoms with E-state index in [0.717, 1.165) is 25.5 Å². The van der Waals surface area contributed by atoms with Crippen molar-refractivity contribution in [1.29, 1.82) is 0 Å². The summed E-state index contributed by atoms with van der Waals surface area (Å²) in [5, 5.41) is 0. The fourth-order valence-corrected chi connectivity index (χ4v) is 5.54. The first-order chi connectivity index (χ1) is 7.87. The van der Waals surface area contributed by atoms with E-state index in [2.05, 4.69) is 15.9 Å². The van der Waals surface area contributed by atoms with Crippen LogP contribution in [0.2, 0.25) is 0 Å². The molecule has 0 aromatic heterocycles. The maximum atomic E-state index is 12.2. The van der Waals surface area contributed by atoms with Crippen LogP contribution in [0, 0.1) is 23.7 Å². The molecule has 4 aliphatic carbocycles. The van der Waals surface area contributed by atoms with E-state index >= 15 is 0 Å². The third kappa shape index (κ3) is 1.88. The Kier molecular flexibility index (Phi) is 2.69. The minimum absolute atomic E-state index is 0.0805. The summed E-state index contributed by atoms with van der Waals surface area (Å²) < 4.78 is 27.8. The number of rotatable bonds is 2. The van der Waals surface area contributed by atoms with Crippen LogP contribution in [0.4, 0.5) is 0 Å². The van der Waals surface area contributed by atoms with Crippen LogP contribution in [0.3, 0.4) is 0 Å². The molecule has 4 bridgehead atoms. The second kappa shape index (κ2) is 3.78. The zero-order chi connectivity index (χ0) is 12.4. The lowest BCUT2D eigenvalue weighted by Crippen LogP contribution is -2.60. The summed E-state index contributed by atoms with van der Waals surface area (Å²) in [4.78, 5) is 12.3. The predicted molar refractivity (Wildman–Crippen MR) is 65.2 cm³/mol. The Labute approximate surface area is 109 Å². The Hall–Kier alpha value is 0.0600. The van der Waals surface area contributed by atoms with E-state index in [-0.39, 0.29) is 28.4 Å². The SMILES string of the molecule is CS(=O)(=O)O[C@@H]1C2CC3CC(C2=O)[C@@H](Br)C1C3. The van der Waals surface area contributed by atoms with Crippen molar-refractivity contribution in [1.82, 2.24) is 0 Å². The number of carbonyl (C=O) groups excluding carboxylic acids is 1. The number of hydrogen-bond donors (Lipinski definition) is 0. The number of hydrogen-bond acceptors (Lipinski definition) is 4. The third-order valence-corrected chi connectivity index (χ3v) is 6.30. The third-order valence-electron chi connectivity index (χ3n) is 4.41. The average Bonchev–Trinajstić information content (AvgIpc) is 2.21. The van der Waals surface area contributed by atoms with Crippen LogP contribution in [-0.4, -0.2) is 31.4 Å². The molecule has 0 aromatic carbocycles. The molecule has 0 aliphatic heterocycles. The second-order valence-corrected chi connectivity index (χ2v) is 8.22. The minimum Gasteiger partial charge on any atom is -0.299 e. The van der Waals surface area contributed by atoms with E-state index < -0.39 is 16.2 Å². The van der Waals surface area contributed by atoms with Crippen LogP contribution in [0.1, 0.15) is 19.3 Å². The molecule has 0 saturated heterocycles. The molecule has 4 nitrogen and oxygen atoms in total. The molecule has 0 spiro atoms. The zero-order valence-corrected chi connectivity index (χ0v) is 11.9. The minimum atomic E-state index is -3.49. The van der Waals surface area contributed by atoms with E-state index in [1.165, 1.54) is 0 Å². The zero-order valence-electron chi connectivity index (χ0n) is 9.50. The fourth-order valence-electron chi connectivity index (χ4n) is 3.86. The Morgan fingerprint density at radius 1 is 1.24 bits per heavy atom. The van der Waals surface area contributed by atoms with E-state index in [1.807, 2.05) is 0 Å². The molecule has 6 heteroatoms. The number of halogens is 1. The number of alkyl halides is 1. The van der Waals surface area contributed by atoms with Crippen LogP contribution in [0.5, 0.6) is 0 Å². The lowest BCUT2D eigenvalue weighted by atomic mass is 9.54. The molecule has 0 aromatic rings. The van der Waals surface area contributed by atoms with E-state index in [1.54, 1.807) is 0 Å². The predicted octanol–water partition coefficient (Wildman–Crippen LogP) is 1.34. The molecule has 0 N–H and O–H groups in total. The van der Waals surface area contributed by atoms with E-state index in [0.29, 0.717) is 5.92 Å². The van der Waals surface area contributed by atoms with Gasteiger partial charge < -0.3 is 0 Å². The monoisotopic (exact) mass is 322 g/mol. The lowest BCUT2D eigenvalue weighted by Gasteiger charge is -2.54. The van der Waals surface area contributed by atoms with Crippen LogP contribution in [0.25, 0.3) is 0 Å². The molecule has 4 rings (SSSR count). The molecule has 4 unspecified atom stereocenters. The highest BCUT2D eigenvalue weighted by molar-refractivity contribution is 9.09. The molecule has 4 fully saturated rings. The Bertz CT molecular complexity index is 460. The van der Waals surface area contributed by atoms with Crippen molar-refractivity contribution in [2.45, 2.75) is 30.2 Å². The van der Waals surface area contributed by atoms with Gasteiger partial charge >= 0.3 is 0 Å². The Balaban J connectivity index is 1.93. The maximum Gasteiger partial charge on any atom is 0.264 e. The van der Waals surface area contributed by atoms with Gasteiger partial charge in [0.1, 0.15) is 5.78 Å². The standard InChI is InChI=1S/C11H15BrO4S/c1-17(14,15)16-11-7-3-5-2-6(9(7)12)10(13)8(11)4-5/h5-9,11H,2-4H2,1H3/t5?,6?,7?,8?,9-,11+/m1/s1. The highest BCUT2D eigenvalue weighted by Crippen LogP contribution is 2.55. The fraction of sp³-hybridized carbons (Fsp3) is 0.909. The second-order valence-electron chi connectivity index (χ2n) is 5.56. The normalized spacial score (nSPS) is 48.7. The van der Waals surface area contributed by atoms with Crippen molar-refractivity contribution in [2.75, 3.05) is 6.26 Å². The maximum absolute atomic E-state index is 12.2. The van der Waals surface area contributed by atoms with Gasteiger partial charge in [0.25, 0.3) is 10.1 Å². The van der Waals surface area contributed by atoms with Crippen molar-refractivity contribution >= 4 is 31.8 Å². The number of Topliss-reactive ketones (excluding diaryl/α,β-unsaturated/α-hetero) is 1. The van der Waals surface area contributed by atoms with Crippen LogP contribution >= 0.6 is 15.9 Å². The van der Waals surface area contributed by atoms with Gasteiger partial charge in [-0.1, -0.05) is 15.9 Å². The molecule has 0 amide bonds. The van der Waals surface area contributed by atoms with Crippen molar-refractivity contribution in [2.24, 2.45) is 23.7 Å². The summed E-state index contributed by atoms with van der Waals surface area (Å²) in [6.07, 6.45) is 3.39. The van der Waals surface area contributed by atoms with Crippen molar-refractivity contribution < 1.29 is 17.4 Å². The highest BCUT2D eigenvalue weighted by atomic mass is 79.9. The summed E-state index contributed by atoms with van der Waals surface area (Å²) in [6, 6.07) is 0. The molecular weight excluding hydrogens is 308 g/mol. The smallest absolute Gasteiger partial charge is 0.264 e. The van der Waals surface area contributed by atoms with Gasteiger partial charge in [0, 0.05) is 22.6 Å². The van der Waals surface area contributed by atoms with Gasteiger partial charge in [-0.3, -0.25) is 8.98 Å². The van der Waals surface area contributed by atoms with Crippen LogP contribution in [0.15, 0.2) is 0 Å². The van der Waals surface area contributed by atoms with Gasteiger partial charge in [-0.15, -0.1) is 0 Å². The van der Waals surface area contributed by atoms with Crippen molar-refractivity contribution in [3.8, 4) is 0 Å². The summed E-state index contributed by atoms with van der Waals surface area (Å²) in [5.41, 5.74) is 0. The quantitative estimate of drug-likeness (QED) is 0.568. The lowest BCUT2D eigenvalue weighted by molar-refractivity contribution is -0.149. The van der Waals surface area contributed by atoms with Gasteiger partial charge in [-0.2, -0.15) is 8.42 Å². The molecular formula is C11H15BrO4S. The summed E-state index contributed by atoms with van der Waals surface area (Å²) in [5.74, 6) is 0.844. The van der Waals surface area contributed by atoms with Crippen LogP contribution in [-0.2, 0) is 19.1 Å². The highest BCUT2D eigenvalue weighted by Gasteiger charge is 2.58. The molecule has 4 saturated carbocycles. The molecule has 0 radical (unpaired) electrons. The largest absolute Gasteiger partial charge is 0.299 e. The molecule has 4 aliphatic rings. The van der Waals surface area contributed by atoms with Gasteiger partial charge in [-0.25, -0.2) is 0 Å². The molecule has 6 atom stereocenters. The Morgan fingerprint density at radius 2 is 1.88 bits per heavy atom.